The first-order valence-corrected chi connectivity index (χ1v) is 8.41. The summed E-state index contributed by atoms with van der Waals surface area (Å²) in [5.41, 5.74) is 1.35. The minimum Gasteiger partial charge on any atom is -0.486 e. The third-order valence-electron chi connectivity index (χ3n) is 4.88. The number of rotatable bonds is 4. The molecular formula is C18H27NO2. The first-order chi connectivity index (χ1) is 10.3. The Labute approximate surface area is 128 Å². The Morgan fingerprint density at radius 1 is 1.10 bits per heavy atom. The van der Waals surface area contributed by atoms with Crippen LogP contribution in [0.4, 0.5) is 0 Å². The van der Waals surface area contributed by atoms with Crippen LogP contribution in [-0.4, -0.2) is 19.8 Å². The monoisotopic (exact) mass is 289 g/mol. The minimum absolute atomic E-state index is 0.443. The Morgan fingerprint density at radius 2 is 1.81 bits per heavy atom. The molecule has 3 heteroatoms. The van der Waals surface area contributed by atoms with E-state index in [2.05, 4.69) is 37.4 Å². The van der Waals surface area contributed by atoms with Crippen LogP contribution in [0.25, 0.3) is 0 Å². The topological polar surface area (TPSA) is 30.5 Å². The first kappa shape index (κ1) is 14.7. The molecule has 0 amide bonds. The summed E-state index contributed by atoms with van der Waals surface area (Å²) in [6, 6.07) is 6.90. The van der Waals surface area contributed by atoms with Gasteiger partial charge in [0.1, 0.15) is 13.2 Å². The molecular weight excluding hydrogens is 262 g/mol. The van der Waals surface area contributed by atoms with E-state index in [0.717, 1.165) is 29.9 Å². The zero-order valence-electron chi connectivity index (χ0n) is 13.2. The lowest BCUT2D eigenvalue weighted by Gasteiger charge is -2.34. The normalized spacial score (nSPS) is 26.4. The van der Waals surface area contributed by atoms with Gasteiger partial charge in [-0.1, -0.05) is 32.8 Å². The summed E-state index contributed by atoms with van der Waals surface area (Å²) in [6.07, 6.45) is 5.37. The number of hydrogen-bond donors (Lipinski definition) is 1. The van der Waals surface area contributed by atoms with Gasteiger partial charge >= 0.3 is 0 Å². The Hall–Kier alpha value is -1.22. The number of fused-ring (bicyclic) bond motifs is 1. The van der Waals surface area contributed by atoms with Crippen molar-refractivity contribution in [2.75, 3.05) is 19.8 Å². The number of nitrogens with one attached hydrogen (secondary N) is 1. The summed E-state index contributed by atoms with van der Waals surface area (Å²) in [7, 11) is 0. The first-order valence-electron chi connectivity index (χ1n) is 8.41. The zero-order valence-corrected chi connectivity index (χ0v) is 13.2. The standard InChI is InChI=1S/C18H27NO2/c1-3-19-18(14-6-4-13(2)5-7-14)15-8-9-16-17(12-15)21-11-10-20-16/h8-9,12-14,18-19H,3-7,10-11H2,1-2H3. The molecule has 2 aliphatic rings. The summed E-state index contributed by atoms with van der Waals surface area (Å²) >= 11 is 0. The quantitative estimate of drug-likeness (QED) is 0.911. The third-order valence-corrected chi connectivity index (χ3v) is 4.88. The maximum Gasteiger partial charge on any atom is 0.161 e. The van der Waals surface area contributed by atoms with Crippen molar-refractivity contribution in [3.63, 3.8) is 0 Å². The highest BCUT2D eigenvalue weighted by Gasteiger charge is 2.27. The average molecular weight is 289 g/mol. The number of ether oxygens (including phenoxy) is 2. The van der Waals surface area contributed by atoms with E-state index in [1.807, 2.05) is 0 Å². The highest BCUT2D eigenvalue weighted by molar-refractivity contribution is 5.44. The molecule has 0 spiro atoms. The van der Waals surface area contributed by atoms with Crippen LogP contribution in [0.3, 0.4) is 0 Å². The van der Waals surface area contributed by atoms with E-state index >= 15 is 0 Å². The third kappa shape index (κ3) is 3.34. The molecule has 0 saturated heterocycles. The molecule has 21 heavy (non-hydrogen) atoms. The van der Waals surface area contributed by atoms with Crippen LogP contribution in [0.5, 0.6) is 11.5 Å². The summed E-state index contributed by atoms with van der Waals surface area (Å²) in [4.78, 5) is 0. The van der Waals surface area contributed by atoms with Crippen LogP contribution in [0.2, 0.25) is 0 Å². The largest absolute Gasteiger partial charge is 0.486 e. The fraction of sp³-hybridized carbons (Fsp3) is 0.667. The molecule has 1 fully saturated rings. The van der Waals surface area contributed by atoms with Gasteiger partial charge in [0.2, 0.25) is 0 Å². The van der Waals surface area contributed by atoms with Crippen LogP contribution < -0.4 is 14.8 Å². The molecule has 1 aliphatic carbocycles. The SMILES string of the molecule is CCNC(c1ccc2c(c1)OCCO2)C1CCC(C)CC1. The molecule has 1 aromatic rings. The molecule has 1 atom stereocenters. The predicted molar refractivity (Wildman–Crippen MR) is 85.0 cm³/mol. The lowest BCUT2D eigenvalue weighted by Crippen LogP contribution is -2.31. The van der Waals surface area contributed by atoms with Crippen molar-refractivity contribution >= 4 is 0 Å². The molecule has 0 bridgehead atoms. The van der Waals surface area contributed by atoms with Gasteiger partial charge in [0.15, 0.2) is 11.5 Å². The Bertz CT molecular complexity index is 466. The molecule has 1 aliphatic heterocycles. The molecule has 116 valence electrons. The van der Waals surface area contributed by atoms with E-state index in [-0.39, 0.29) is 0 Å². The van der Waals surface area contributed by atoms with Crippen molar-refractivity contribution in [2.24, 2.45) is 11.8 Å². The number of benzene rings is 1. The van der Waals surface area contributed by atoms with E-state index in [1.54, 1.807) is 0 Å². The van der Waals surface area contributed by atoms with E-state index in [9.17, 15) is 0 Å². The van der Waals surface area contributed by atoms with Crippen LogP contribution in [0.1, 0.15) is 51.1 Å². The molecule has 3 rings (SSSR count). The van der Waals surface area contributed by atoms with Gasteiger partial charge in [-0.25, -0.2) is 0 Å². The van der Waals surface area contributed by atoms with Crippen LogP contribution in [0, 0.1) is 11.8 Å². The van der Waals surface area contributed by atoms with Gasteiger partial charge < -0.3 is 14.8 Å². The molecule has 1 unspecified atom stereocenters. The highest BCUT2D eigenvalue weighted by atomic mass is 16.6. The molecule has 1 heterocycles. The van der Waals surface area contributed by atoms with E-state index < -0.39 is 0 Å². The molecule has 0 radical (unpaired) electrons. The second-order valence-electron chi connectivity index (χ2n) is 6.46. The van der Waals surface area contributed by atoms with Crippen molar-refractivity contribution in [3.05, 3.63) is 23.8 Å². The maximum atomic E-state index is 5.74. The molecule has 1 N–H and O–H groups in total. The van der Waals surface area contributed by atoms with Gasteiger partial charge in [0.05, 0.1) is 0 Å². The van der Waals surface area contributed by atoms with Gasteiger partial charge in [0, 0.05) is 6.04 Å². The van der Waals surface area contributed by atoms with Crippen molar-refractivity contribution < 1.29 is 9.47 Å². The number of hydrogen-bond acceptors (Lipinski definition) is 3. The van der Waals surface area contributed by atoms with Gasteiger partial charge in [-0.2, -0.15) is 0 Å². The van der Waals surface area contributed by atoms with Gasteiger partial charge in [-0.05, 0) is 48.9 Å². The van der Waals surface area contributed by atoms with E-state index in [4.69, 9.17) is 9.47 Å². The average Bonchev–Trinajstić information content (AvgIpc) is 2.53. The minimum atomic E-state index is 0.443. The molecule has 0 aromatic heterocycles. The summed E-state index contributed by atoms with van der Waals surface area (Å²) in [5.74, 6) is 3.43. The summed E-state index contributed by atoms with van der Waals surface area (Å²) in [6.45, 7) is 6.89. The Morgan fingerprint density at radius 3 is 2.52 bits per heavy atom. The van der Waals surface area contributed by atoms with Crippen LogP contribution in [0.15, 0.2) is 18.2 Å². The lowest BCUT2D eigenvalue weighted by atomic mass is 9.77. The van der Waals surface area contributed by atoms with Crippen molar-refractivity contribution in [1.29, 1.82) is 0 Å². The van der Waals surface area contributed by atoms with Gasteiger partial charge in [-0.3, -0.25) is 0 Å². The fourth-order valence-corrected chi connectivity index (χ4v) is 3.65. The molecule has 3 nitrogen and oxygen atoms in total. The second kappa shape index (κ2) is 6.69. The van der Waals surface area contributed by atoms with E-state index in [1.165, 1.54) is 31.2 Å². The smallest absolute Gasteiger partial charge is 0.161 e. The van der Waals surface area contributed by atoms with Crippen molar-refractivity contribution in [3.8, 4) is 11.5 Å². The van der Waals surface area contributed by atoms with E-state index in [0.29, 0.717) is 19.3 Å². The summed E-state index contributed by atoms with van der Waals surface area (Å²) in [5, 5.41) is 3.69. The Balaban J connectivity index is 1.79. The van der Waals surface area contributed by atoms with Crippen LogP contribution >= 0.6 is 0 Å². The van der Waals surface area contributed by atoms with Crippen molar-refractivity contribution in [1.82, 2.24) is 5.32 Å². The zero-order chi connectivity index (χ0) is 14.7. The van der Waals surface area contributed by atoms with Gasteiger partial charge in [-0.15, -0.1) is 0 Å². The maximum absolute atomic E-state index is 5.74. The summed E-state index contributed by atoms with van der Waals surface area (Å²) < 4.78 is 11.4. The highest BCUT2D eigenvalue weighted by Crippen LogP contribution is 2.39. The fourth-order valence-electron chi connectivity index (χ4n) is 3.65. The molecule has 1 saturated carbocycles. The van der Waals surface area contributed by atoms with Crippen LogP contribution in [-0.2, 0) is 0 Å². The second-order valence-corrected chi connectivity index (χ2v) is 6.46. The molecule has 1 aromatic carbocycles. The lowest BCUT2D eigenvalue weighted by molar-refractivity contribution is 0.170. The Kier molecular flexibility index (Phi) is 4.69. The van der Waals surface area contributed by atoms with Gasteiger partial charge in [0.25, 0.3) is 0 Å². The van der Waals surface area contributed by atoms with Crippen molar-refractivity contribution in [2.45, 2.75) is 45.6 Å². The predicted octanol–water partition coefficient (Wildman–Crippen LogP) is 3.93.